The molecule has 23 heavy (non-hydrogen) atoms. The third-order valence-electron chi connectivity index (χ3n) is 3.94. The zero-order chi connectivity index (χ0) is 15.6. The lowest BCUT2D eigenvalue weighted by Gasteiger charge is -2.07. The molecule has 4 nitrogen and oxygen atoms in total. The second-order valence-corrected chi connectivity index (χ2v) is 7.38. The molecule has 1 N–H and O–H groups in total. The Morgan fingerprint density at radius 3 is 3.00 bits per heavy atom. The highest BCUT2D eigenvalue weighted by molar-refractivity contribution is 7.99. The monoisotopic (exact) mass is 344 g/mol. The average molecular weight is 344 g/mol. The molecule has 1 aromatic carbocycles. The Morgan fingerprint density at radius 1 is 1.35 bits per heavy atom. The van der Waals surface area contributed by atoms with E-state index in [9.17, 15) is 4.79 Å². The van der Waals surface area contributed by atoms with Crippen LogP contribution < -0.4 is 5.56 Å². The standard InChI is InChI=1S/C17H16N2O2S2/c20-15-14-13(11-5-2-1-3-6-11)10-22-16(14)19-17(18-15)23-9-12-7-4-8-21-12/h1-3,5-6,10,12H,4,7-9H2,(H,18,19,20)/t12-/m0/s1. The summed E-state index contributed by atoms with van der Waals surface area (Å²) < 4.78 is 5.62. The Labute approximate surface area is 141 Å². The Kier molecular flexibility index (Phi) is 4.20. The van der Waals surface area contributed by atoms with Crippen molar-refractivity contribution in [3.05, 3.63) is 46.1 Å². The van der Waals surface area contributed by atoms with Crippen molar-refractivity contribution in [2.24, 2.45) is 0 Å². The fourth-order valence-electron chi connectivity index (χ4n) is 2.78. The minimum absolute atomic E-state index is 0.0649. The maximum atomic E-state index is 12.5. The topological polar surface area (TPSA) is 55.0 Å². The highest BCUT2D eigenvalue weighted by atomic mass is 32.2. The SMILES string of the molecule is O=c1[nH]c(SC[C@@H]2CCCO2)nc2scc(-c3ccccc3)c12. The molecule has 0 spiro atoms. The Bertz CT molecular complexity index is 867. The summed E-state index contributed by atoms with van der Waals surface area (Å²) in [6.45, 7) is 0.847. The van der Waals surface area contributed by atoms with Gasteiger partial charge in [0.15, 0.2) is 5.16 Å². The van der Waals surface area contributed by atoms with Gasteiger partial charge in [-0.25, -0.2) is 4.98 Å². The molecule has 1 atom stereocenters. The van der Waals surface area contributed by atoms with E-state index in [0.717, 1.165) is 41.2 Å². The van der Waals surface area contributed by atoms with E-state index in [1.807, 2.05) is 35.7 Å². The van der Waals surface area contributed by atoms with Crippen LogP contribution in [0.5, 0.6) is 0 Å². The van der Waals surface area contributed by atoms with Crippen LogP contribution in [0.25, 0.3) is 21.3 Å². The normalized spacial score (nSPS) is 17.8. The molecule has 3 heterocycles. The van der Waals surface area contributed by atoms with Gasteiger partial charge in [-0.1, -0.05) is 42.1 Å². The van der Waals surface area contributed by atoms with Crippen LogP contribution in [0.1, 0.15) is 12.8 Å². The van der Waals surface area contributed by atoms with Crippen molar-refractivity contribution >= 4 is 33.3 Å². The van der Waals surface area contributed by atoms with Gasteiger partial charge in [0.05, 0.1) is 11.5 Å². The molecule has 0 amide bonds. The highest BCUT2D eigenvalue weighted by Crippen LogP contribution is 2.31. The molecular formula is C17H16N2O2S2. The fourth-order valence-corrected chi connectivity index (χ4v) is 4.71. The molecule has 1 aliphatic heterocycles. The molecular weight excluding hydrogens is 328 g/mol. The van der Waals surface area contributed by atoms with Gasteiger partial charge < -0.3 is 9.72 Å². The molecule has 0 aliphatic carbocycles. The van der Waals surface area contributed by atoms with Crippen LogP contribution in [0.2, 0.25) is 0 Å². The van der Waals surface area contributed by atoms with Crippen molar-refractivity contribution in [2.75, 3.05) is 12.4 Å². The van der Waals surface area contributed by atoms with E-state index in [0.29, 0.717) is 10.5 Å². The van der Waals surface area contributed by atoms with Crippen molar-refractivity contribution in [2.45, 2.75) is 24.1 Å². The number of aromatic amines is 1. The zero-order valence-electron chi connectivity index (χ0n) is 12.5. The number of nitrogens with one attached hydrogen (secondary N) is 1. The summed E-state index contributed by atoms with van der Waals surface area (Å²) >= 11 is 3.09. The van der Waals surface area contributed by atoms with Gasteiger partial charge in [-0.05, 0) is 18.4 Å². The predicted molar refractivity (Wildman–Crippen MR) is 95.4 cm³/mol. The number of H-pyrrole nitrogens is 1. The van der Waals surface area contributed by atoms with Crippen LogP contribution in [0, 0.1) is 0 Å². The van der Waals surface area contributed by atoms with E-state index >= 15 is 0 Å². The fraction of sp³-hybridized carbons (Fsp3) is 0.294. The van der Waals surface area contributed by atoms with Gasteiger partial charge in [0, 0.05) is 23.3 Å². The van der Waals surface area contributed by atoms with Gasteiger partial charge in [0.1, 0.15) is 4.83 Å². The van der Waals surface area contributed by atoms with Crippen molar-refractivity contribution < 1.29 is 4.74 Å². The van der Waals surface area contributed by atoms with E-state index in [2.05, 4.69) is 9.97 Å². The number of hydrogen-bond acceptors (Lipinski definition) is 5. The van der Waals surface area contributed by atoms with Crippen LogP contribution in [-0.2, 0) is 4.74 Å². The van der Waals surface area contributed by atoms with Gasteiger partial charge in [-0.2, -0.15) is 0 Å². The van der Waals surface area contributed by atoms with Gasteiger partial charge in [0.2, 0.25) is 0 Å². The molecule has 6 heteroatoms. The molecule has 1 aliphatic rings. The third kappa shape index (κ3) is 3.06. The van der Waals surface area contributed by atoms with Crippen LogP contribution in [-0.4, -0.2) is 28.4 Å². The smallest absolute Gasteiger partial charge is 0.260 e. The maximum Gasteiger partial charge on any atom is 0.260 e. The lowest BCUT2D eigenvalue weighted by Crippen LogP contribution is -2.12. The van der Waals surface area contributed by atoms with Crippen molar-refractivity contribution in [3.8, 4) is 11.1 Å². The van der Waals surface area contributed by atoms with Crippen molar-refractivity contribution in [1.82, 2.24) is 9.97 Å². The van der Waals surface area contributed by atoms with Crippen LogP contribution >= 0.6 is 23.1 Å². The lowest BCUT2D eigenvalue weighted by atomic mass is 10.1. The summed E-state index contributed by atoms with van der Waals surface area (Å²) in [6, 6.07) is 9.96. The minimum Gasteiger partial charge on any atom is -0.377 e. The van der Waals surface area contributed by atoms with Gasteiger partial charge >= 0.3 is 0 Å². The second-order valence-electron chi connectivity index (χ2n) is 5.51. The van der Waals surface area contributed by atoms with E-state index in [4.69, 9.17) is 4.74 Å². The second kappa shape index (κ2) is 6.47. The summed E-state index contributed by atoms with van der Waals surface area (Å²) in [6.07, 6.45) is 2.50. The predicted octanol–water partition coefficient (Wildman–Crippen LogP) is 3.92. The Morgan fingerprint density at radius 2 is 2.22 bits per heavy atom. The maximum absolute atomic E-state index is 12.5. The third-order valence-corrected chi connectivity index (χ3v) is 5.81. The van der Waals surface area contributed by atoms with Crippen LogP contribution in [0.4, 0.5) is 0 Å². The summed E-state index contributed by atoms with van der Waals surface area (Å²) in [5.74, 6) is 0.839. The molecule has 118 valence electrons. The molecule has 0 bridgehead atoms. The van der Waals surface area contributed by atoms with Gasteiger partial charge in [0.25, 0.3) is 5.56 Å². The highest BCUT2D eigenvalue weighted by Gasteiger charge is 2.17. The first-order valence-corrected chi connectivity index (χ1v) is 9.49. The number of rotatable bonds is 4. The summed E-state index contributed by atoms with van der Waals surface area (Å²) in [5.41, 5.74) is 1.94. The number of ether oxygens (including phenoxy) is 1. The molecule has 0 unspecified atom stereocenters. The number of fused-ring (bicyclic) bond motifs is 1. The molecule has 1 fully saturated rings. The van der Waals surface area contributed by atoms with Gasteiger partial charge in [-0.3, -0.25) is 4.79 Å². The van der Waals surface area contributed by atoms with Crippen molar-refractivity contribution in [1.29, 1.82) is 0 Å². The molecule has 3 aromatic rings. The summed E-state index contributed by atoms with van der Waals surface area (Å²) in [7, 11) is 0. The first-order valence-electron chi connectivity index (χ1n) is 7.62. The van der Waals surface area contributed by atoms with E-state index < -0.39 is 0 Å². The number of hydrogen-bond donors (Lipinski definition) is 1. The molecule has 2 aromatic heterocycles. The number of thiophene rings is 1. The summed E-state index contributed by atoms with van der Waals surface area (Å²) in [5, 5.41) is 3.37. The molecule has 1 saturated heterocycles. The largest absolute Gasteiger partial charge is 0.377 e. The van der Waals surface area contributed by atoms with Gasteiger partial charge in [-0.15, -0.1) is 11.3 Å². The number of nitrogens with zero attached hydrogens (tertiary/aromatic N) is 1. The quantitative estimate of drug-likeness (QED) is 0.576. The molecule has 0 radical (unpaired) electrons. The van der Waals surface area contributed by atoms with Crippen LogP contribution in [0.15, 0.2) is 45.7 Å². The van der Waals surface area contributed by atoms with E-state index in [1.165, 1.54) is 11.3 Å². The van der Waals surface area contributed by atoms with Crippen LogP contribution in [0.3, 0.4) is 0 Å². The first-order chi connectivity index (χ1) is 11.3. The molecule has 0 saturated carbocycles. The number of aromatic nitrogens is 2. The van der Waals surface area contributed by atoms with Crippen molar-refractivity contribution in [3.63, 3.8) is 0 Å². The zero-order valence-corrected chi connectivity index (χ0v) is 14.1. The average Bonchev–Trinajstić information content (AvgIpc) is 3.23. The Balaban J connectivity index is 1.65. The minimum atomic E-state index is -0.0649. The Hall–Kier alpha value is -1.63. The number of thioether (sulfide) groups is 1. The van der Waals surface area contributed by atoms with E-state index in [1.54, 1.807) is 11.8 Å². The molecule has 4 rings (SSSR count). The lowest BCUT2D eigenvalue weighted by molar-refractivity contribution is 0.129. The first kappa shape index (κ1) is 14.9. The summed E-state index contributed by atoms with van der Waals surface area (Å²) in [4.78, 5) is 20.8. The van der Waals surface area contributed by atoms with E-state index in [-0.39, 0.29) is 11.7 Å². The number of benzene rings is 1.